The summed E-state index contributed by atoms with van der Waals surface area (Å²) >= 11 is -0.308. The van der Waals surface area contributed by atoms with Crippen molar-refractivity contribution in [1.29, 1.82) is 0 Å². The van der Waals surface area contributed by atoms with Crippen LogP contribution in [0.2, 0.25) is 0 Å². The summed E-state index contributed by atoms with van der Waals surface area (Å²) in [5, 5.41) is 2.42. The van der Waals surface area contributed by atoms with Crippen molar-refractivity contribution < 1.29 is 37.0 Å². The number of alkyl halides is 3. The lowest BCUT2D eigenvalue weighted by Crippen LogP contribution is -2.22. The number of para-hydroxylation sites is 1. The van der Waals surface area contributed by atoms with E-state index < -0.39 is 30.0 Å². The molecule has 28 heavy (non-hydrogen) atoms. The molecule has 0 aromatic heterocycles. The Hall–Kier alpha value is -3.01. The lowest BCUT2D eigenvalue weighted by Gasteiger charge is -2.10. The van der Waals surface area contributed by atoms with Gasteiger partial charge >= 0.3 is 17.4 Å². The SMILES string of the molecule is COC(=O)c1ccccc1NC(=O)COC(=O)c1ccc(SC(F)(F)F)cc1. The van der Waals surface area contributed by atoms with E-state index in [0.29, 0.717) is 0 Å². The van der Waals surface area contributed by atoms with Crippen LogP contribution < -0.4 is 5.32 Å². The summed E-state index contributed by atoms with van der Waals surface area (Å²) in [5.41, 5.74) is -4.12. The maximum Gasteiger partial charge on any atom is 0.446 e. The van der Waals surface area contributed by atoms with Gasteiger partial charge in [-0.3, -0.25) is 4.79 Å². The Labute approximate surface area is 162 Å². The minimum atomic E-state index is -4.43. The fourth-order valence-corrected chi connectivity index (χ4v) is 2.61. The van der Waals surface area contributed by atoms with Gasteiger partial charge in [0, 0.05) is 4.90 Å². The lowest BCUT2D eigenvalue weighted by atomic mass is 10.2. The van der Waals surface area contributed by atoms with Gasteiger partial charge in [0.2, 0.25) is 0 Å². The zero-order chi connectivity index (χ0) is 20.7. The van der Waals surface area contributed by atoms with Crippen molar-refractivity contribution in [2.45, 2.75) is 10.4 Å². The van der Waals surface area contributed by atoms with E-state index in [2.05, 4.69) is 10.1 Å². The number of rotatable bonds is 6. The fourth-order valence-electron chi connectivity index (χ4n) is 2.07. The Morgan fingerprint density at radius 3 is 2.25 bits per heavy atom. The van der Waals surface area contributed by atoms with Crippen LogP contribution in [0.5, 0.6) is 0 Å². The molecule has 0 saturated carbocycles. The number of nitrogens with one attached hydrogen (secondary N) is 1. The Balaban J connectivity index is 1.93. The van der Waals surface area contributed by atoms with Gasteiger partial charge in [-0.2, -0.15) is 13.2 Å². The van der Waals surface area contributed by atoms with Crippen molar-refractivity contribution in [3.63, 3.8) is 0 Å². The fraction of sp³-hybridized carbons (Fsp3) is 0.167. The van der Waals surface area contributed by atoms with Gasteiger partial charge in [0.1, 0.15) is 0 Å². The van der Waals surface area contributed by atoms with Gasteiger partial charge < -0.3 is 14.8 Å². The van der Waals surface area contributed by atoms with E-state index >= 15 is 0 Å². The van der Waals surface area contributed by atoms with Crippen LogP contribution in [0.3, 0.4) is 0 Å². The Bertz CT molecular complexity index is 868. The van der Waals surface area contributed by atoms with Gasteiger partial charge in [-0.25, -0.2) is 9.59 Å². The number of benzene rings is 2. The number of methoxy groups -OCH3 is 1. The van der Waals surface area contributed by atoms with Crippen LogP contribution in [0.25, 0.3) is 0 Å². The van der Waals surface area contributed by atoms with Crippen molar-refractivity contribution in [1.82, 2.24) is 0 Å². The minimum Gasteiger partial charge on any atom is -0.465 e. The van der Waals surface area contributed by atoms with Crippen LogP contribution in [-0.2, 0) is 14.3 Å². The Morgan fingerprint density at radius 2 is 1.64 bits per heavy atom. The molecule has 0 spiro atoms. The predicted molar refractivity (Wildman–Crippen MR) is 95.0 cm³/mol. The highest BCUT2D eigenvalue weighted by Gasteiger charge is 2.29. The van der Waals surface area contributed by atoms with E-state index in [1.54, 1.807) is 12.1 Å². The largest absolute Gasteiger partial charge is 0.465 e. The van der Waals surface area contributed by atoms with E-state index in [1.807, 2.05) is 0 Å². The number of thioether (sulfide) groups is 1. The van der Waals surface area contributed by atoms with E-state index in [0.717, 1.165) is 12.1 Å². The number of amides is 1. The molecule has 10 heteroatoms. The van der Waals surface area contributed by atoms with Crippen LogP contribution in [0.1, 0.15) is 20.7 Å². The Kier molecular flexibility index (Phi) is 7.05. The molecule has 0 radical (unpaired) electrons. The molecule has 1 N–H and O–H groups in total. The normalized spacial score (nSPS) is 10.9. The molecule has 0 aliphatic carbocycles. The summed E-state index contributed by atoms with van der Waals surface area (Å²) in [7, 11) is 1.20. The quantitative estimate of drug-likeness (QED) is 0.572. The molecule has 1 amide bonds. The highest BCUT2D eigenvalue weighted by atomic mass is 32.2. The van der Waals surface area contributed by atoms with Crippen molar-refractivity contribution in [2.75, 3.05) is 19.0 Å². The van der Waals surface area contributed by atoms with Crippen LogP contribution in [0, 0.1) is 0 Å². The number of hydrogen-bond donors (Lipinski definition) is 1. The molecule has 0 unspecified atom stereocenters. The maximum absolute atomic E-state index is 12.3. The van der Waals surface area contributed by atoms with Crippen LogP contribution in [-0.4, -0.2) is 37.1 Å². The molecule has 0 saturated heterocycles. The number of anilines is 1. The number of esters is 2. The van der Waals surface area contributed by atoms with Gasteiger partial charge in [0.25, 0.3) is 5.91 Å². The molecule has 2 aromatic carbocycles. The standard InChI is InChI=1S/C18H14F3NO5S/c1-26-17(25)13-4-2-3-5-14(13)22-15(23)10-27-16(24)11-6-8-12(9-7-11)28-18(19,20)21/h2-9H,10H2,1H3,(H,22,23). The first-order chi connectivity index (χ1) is 13.2. The second kappa shape index (κ2) is 9.27. The summed E-state index contributed by atoms with van der Waals surface area (Å²) in [5.74, 6) is -2.22. The molecular weight excluding hydrogens is 399 g/mol. The summed E-state index contributed by atoms with van der Waals surface area (Å²) < 4.78 is 46.3. The molecule has 2 aromatic rings. The first kappa shape index (κ1) is 21.3. The van der Waals surface area contributed by atoms with Gasteiger partial charge in [0.05, 0.1) is 23.9 Å². The number of ether oxygens (including phenoxy) is 2. The summed E-state index contributed by atoms with van der Waals surface area (Å²) in [6.45, 7) is -0.645. The lowest BCUT2D eigenvalue weighted by molar-refractivity contribution is -0.119. The first-order valence-corrected chi connectivity index (χ1v) is 8.51. The number of carbonyl (C=O) groups excluding carboxylic acids is 3. The minimum absolute atomic E-state index is 0.00529. The van der Waals surface area contributed by atoms with Gasteiger partial charge in [-0.1, -0.05) is 12.1 Å². The smallest absolute Gasteiger partial charge is 0.446 e. The third-order valence-electron chi connectivity index (χ3n) is 3.26. The molecule has 6 nitrogen and oxygen atoms in total. The van der Waals surface area contributed by atoms with Crippen molar-refractivity contribution in [3.8, 4) is 0 Å². The molecule has 0 aliphatic heterocycles. The topological polar surface area (TPSA) is 81.7 Å². The van der Waals surface area contributed by atoms with E-state index in [-0.39, 0.29) is 33.5 Å². The monoisotopic (exact) mass is 413 g/mol. The number of halogens is 3. The second-order valence-electron chi connectivity index (χ2n) is 5.23. The average molecular weight is 413 g/mol. The molecule has 0 aliphatic rings. The van der Waals surface area contributed by atoms with E-state index in [9.17, 15) is 27.6 Å². The average Bonchev–Trinajstić information content (AvgIpc) is 2.65. The summed E-state index contributed by atoms with van der Waals surface area (Å²) in [6.07, 6.45) is 0. The van der Waals surface area contributed by atoms with Crippen molar-refractivity contribution >= 4 is 35.3 Å². The van der Waals surface area contributed by atoms with Crippen LogP contribution >= 0.6 is 11.8 Å². The molecule has 0 fully saturated rings. The van der Waals surface area contributed by atoms with E-state index in [1.165, 1.54) is 31.4 Å². The molecule has 148 valence electrons. The maximum atomic E-state index is 12.3. The second-order valence-corrected chi connectivity index (χ2v) is 6.37. The van der Waals surface area contributed by atoms with E-state index in [4.69, 9.17) is 4.74 Å². The third kappa shape index (κ3) is 6.31. The zero-order valence-corrected chi connectivity index (χ0v) is 15.2. The number of hydrogen-bond acceptors (Lipinski definition) is 6. The summed E-state index contributed by atoms with van der Waals surface area (Å²) in [4.78, 5) is 35.4. The van der Waals surface area contributed by atoms with Gasteiger partial charge in [0.15, 0.2) is 6.61 Å². The van der Waals surface area contributed by atoms with Gasteiger partial charge in [-0.05, 0) is 48.2 Å². The van der Waals surface area contributed by atoms with Crippen molar-refractivity contribution in [2.24, 2.45) is 0 Å². The molecule has 0 heterocycles. The zero-order valence-electron chi connectivity index (χ0n) is 14.4. The highest BCUT2D eigenvalue weighted by Crippen LogP contribution is 2.36. The third-order valence-corrected chi connectivity index (χ3v) is 4.00. The van der Waals surface area contributed by atoms with Crippen molar-refractivity contribution in [3.05, 3.63) is 59.7 Å². The molecule has 0 bridgehead atoms. The number of carbonyl (C=O) groups is 3. The molecular formula is C18H14F3NO5S. The first-order valence-electron chi connectivity index (χ1n) is 7.70. The van der Waals surface area contributed by atoms with Gasteiger partial charge in [-0.15, -0.1) is 0 Å². The molecule has 2 rings (SSSR count). The summed E-state index contributed by atoms with van der Waals surface area (Å²) in [6, 6.07) is 10.7. The molecule has 0 atom stereocenters. The van der Waals surface area contributed by atoms with Crippen LogP contribution in [0.4, 0.5) is 18.9 Å². The highest BCUT2D eigenvalue weighted by molar-refractivity contribution is 8.00. The van der Waals surface area contributed by atoms with Crippen LogP contribution in [0.15, 0.2) is 53.4 Å². The predicted octanol–water partition coefficient (Wildman–Crippen LogP) is 3.88. The Morgan fingerprint density at radius 1 is 1.00 bits per heavy atom.